The Bertz CT molecular complexity index is 269. The third-order valence-electron chi connectivity index (χ3n) is 1.02. The van der Waals surface area contributed by atoms with Crippen LogP contribution in [0.2, 0.25) is 0 Å². The van der Waals surface area contributed by atoms with Crippen molar-refractivity contribution in [3.63, 3.8) is 0 Å². The van der Waals surface area contributed by atoms with Crippen LogP contribution >= 0.6 is 22.6 Å². The van der Waals surface area contributed by atoms with Crippen LogP contribution < -0.4 is 0 Å². The summed E-state index contributed by atoms with van der Waals surface area (Å²) in [7, 11) is 1.71. The van der Waals surface area contributed by atoms with Gasteiger partial charge in [0.2, 0.25) is 6.33 Å². The summed E-state index contributed by atoms with van der Waals surface area (Å²) in [6.45, 7) is 0. The van der Waals surface area contributed by atoms with Crippen molar-refractivity contribution in [2.75, 3.05) is 0 Å². The van der Waals surface area contributed by atoms with Crippen molar-refractivity contribution < 1.29 is 4.92 Å². The van der Waals surface area contributed by atoms with Gasteiger partial charge in [-0.3, -0.25) is 0 Å². The van der Waals surface area contributed by atoms with E-state index in [9.17, 15) is 10.1 Å². The molecule has 6 heteroatoms. The molecule has 0 spiro atoms. The normalized spacial score (nSPS) is 9.80. The third-order valence-corrected chi connectivity index (χ3v) is 2.26. The standard InChI is InChI=1S/C4H4IN3O2/c1-7-2-6-4(3(7)5)8(9)10/h2H,1H3. The van der Waals surface area contributed by atoms with Gasteiger partial charge in [-0.1, -0.05) is 0 Å². The van der Waals surface area contributed by atoms with Crippen molar-refractivity contribution in [3.05, 3.63) is 20.1 Å². The maximum absolute atomic E-state index is 10.2. The Labute approximate surface area is 70.3 Å². The largest absolute Gasteiger partial charge is 0.395 e. The molecule has 0 saturated heterocycles. The van der Waals surface area contributed by atoms with Crippen LogP contribution in [-0.2, 0) is 7.05 Å². The molecule has 0 aliphatic rings. The maximum Gasteiger partial charge on any atom is 0.395 e. The van der Waals surface area contributed by atoms with E-state index in [0.717, 1.165) is 0 Å². The van der Waals surface area contributed by atoms with Crippen molar-refractivity contribution in [2.45, 2.75) is 0 Å². The van der Waals surface area contributed by atoms with Crippen LogP contribution in [-0.4, -0.2) is 14.5 Å². The van der Waals surface area contributed by atoms with E-state index in [1.165, 1.54) is 6.33 Å². The fourth-order valence-corrected chi connectivity index (χ4v) is 0.986. The minimum absolute atomic E-state index is 0.0805. The van der Waals surface area contributed by atoms with Gasteiger partial charge in [0.25, 0.3) is 0 Å². The number of hydrogen-bond donors (Lipinski definition) is 0. The van der Waals surface area contributed by atoms with Crippen LogP contribution in [0.1, 0.15) is 0 Å². The molecule has 0 aliphatic heterocycles. The first-order valence-corrected chi connectivity index (χ1v) is 3.52. The summed E-state index contributed by atoms with van der Waals surface area (Å²) >= 11 is 1.87. The predicted molar refractivity (Wildman–Crippen MR) is 42.6 cm³/mol. The van der Waals surface area contributed by atoms with Crippen LogP contribution in [0.25, 0.3) is 0 Å². The molecule has 1 rings (SSSR count). The molecule has 0 fully saturated rings. The van der Waals surface area contributed by atoms with E-state index in [1.54, 1.807) is 11.6 Å². The molecule has 0 radical (unpaired) electrons. The molecule has 0 unspecified atom stereocenters. The molecule has 0 amide bonds. The van der Waals surface area contributed by atoms with Crippen molar-refractivity contribution in [1.29, 1.82) is 0 Å². The molecular formula is C4H4IN3O2. The highest BCUT2D eigenvalue weighted by molar-refractivity contribution is 14.1. The fourth-order valence-electron chi connectivity index (χ4n) is 0.525. The Morgan fingerprint density at radius 3 is 2.70 bits per heavy atom. The van der Waals surface area contributed by atoms with E-state index >= 15 is 0 Å². The number of nitro groups is 1. The molecule has 0 saturated carbocycles. The molecular weight excluding hydrogens is 249 g/mol. The Morgan fingerprint density at radius 2 is 2.50 bits per heavy atom. The van der Waals surface area contributed by atoms with E-state index < -0.39 is 4.92 Å². The highest BCUT2D eigenvalue weighted by atomic mass is 127. The first kappa shape index (κ1) is 7.45. The second-order valence-electron chi connectivity index (χ2n) is 1.73. The monoisotopic (exact) mass is 253 g/mol. The number of halogens is 1. The molecule has 0 atom stereocenters. The lowest BCUT2D eigenvalue weighted by Crippen LogP contribution is -1.92. The number of imidazole rings is 1. The van der Waals surface area contributed by atoms with E-state index in [4.69, 9.17) is 0 Å². The van der Waals surface area contributed by atoms with E-state index in [0.29, 0.717) is 3.70 Å². The highest BCUT2D eigenvalue weighted by Crippen LogP contribution is 2.16. The molecule has 1 aromatic rings. The van der Waals surface area contributed by atoms with Gasteiger partial charge in [0.05, 0.1) is 0 Å². The summed E-state index contributed by atoms with van der Waals surface area (Å²) in [6.07, 6.45) is 1.42. The molecule has 54 valence electrons. The first-order valence-electron chi connectivity index (χ1n) is 2.44. The SMILES string of the molecule is Cn1cnc([N+](=O)[O-])c1I. The van der Waals surface area contributed by atoms with Gasteiger partial charge in [-0.25, -0.2) is 0 Å². The average Bonchev–Trinajstić information content (AvgIpc) is 2.14. The molecule has 0 bridgehead atoms. The zero-order valence-electron chi connectivity index (χ0n) is 5.11. The lowest BCUT2D eigenvalue weighted by molar-refractivity contribution is -0.390. The minimum atomic E-state index is -0.498. The zero-order valence-corrected chi connectivity index (χ0v) is 7.27. The molecule has 1 aromatic heterocycles. The summed E-state index contributed by atoms with van der Waals surface area (Å²) in [5.74, 6) is -0.0805. The van der Waals surface area contributed by atoms with Gasteiger partial charge in [-0.15, -0.1) is 0 Å². The van der Waals surface area contributed by atoms with Crippen LogP contribution in [0.4, 0.5) is 5.82 Å². The second kappa shape index (κ2) is 2.52. The first-order chi connectivity index (χ1) is 4.63. The Hall–Kier alpha value is -0.660. The van der Waals surface area contributed by atoms with E-state index in [2.05, 4.69) is 4.98 Å². The lowest BCUT2D eigenvalue weighted by Gasteiger charge is -1.89. The smallest absolute Gasteiger partial charge is 0.358 e. The van der Waals surface area contributed by atoms with Gasteiger partial charge in [0.1, 0.15) is 0 Å². The predicted octanol–water partition coefficient (Wildman–Crippen LogP) is 0.933. The molecule has 10 heavy (non-hydrogen) atoms. The topological polar surface area (TPSA) is 61.0 Å². The van der Waals surface area contributed by atoms with Gasteiger partial charge in [0.15, 0.2) is 3.70 Å². The highest BCUT2D eigenvalue weighted by Gasteiger charge is 2.15. The van der Waals surface area contributed by atoms with Crippen LogP contribution in [0.3, 0.4) is 0 Å². The maximum atomic E-state index is 10.2. The Morgan fingerprint density at radius 1 is 1.90 bits per heavy atom. The zero-order chi connectivity index (χ0) is 7.72. The summed E-state index contributed by atoms with van der Waals surface area (Å²) in [5.41, 5.74) is 0. The average molecular weight is 253 g/mol. The van der Waals surface area contributed by atoms with E-state index in [1.807, 2.05) is 22.6 Å². The van der Waals surface area contributed by atoms with Crippen LogP contribution in [0.15, 0.2) is 6.33 Å². The molecule has 0 N–H and O–H groups in total. The minimum Gasteiger partial charge on any atom is -0.358 e. The third kappa shape index (κ3) is 1.11. The van der Waals surface area contributed by atoms with Gasteiger partial charge in [-0.05, 0) is 32.5 Å². The van der Waals surface area contributed by atoms with Crippen molar-refractivity contribution in [2.24, 2.45) is 7.05 Å². The van der Waals surface area contributed by atoms with Crippen molar-refractivity contribution in [1.82, 2.24) is 9.55 Å². The van der Waals surface area contributed by atoms with Gasteiger partial charge < -0.3 is 14.7 Å². The quantitative estimate of drug-likeness (QED) is 0.425. The number of aromatic nitrogens is 2. The Balaban J connectivity index is 3.17. The second-order valence-corrected chi connectivity index (χ2v) is 2.75. The molecule has 0 aromatic carbocycles. The fraction of sp³-hybridized carbons (Fsp3) is 0.250. The molecule has 0 aliphatic carbocycles. The van der Waals surface area contributed by atoms with Gasteiger partial charge in [-0.2, -0.15) is 0 Å². The summed E-state index contributed by atoms with van der Waals surface area (Å²) in [6, 6.07) is 0. The van der Waals surface area contributed by atoms with Crippen molar-refractivity contribution in [3.8, 4) is 0 Å². The van der Waals surface area contributed by atoms with Crippen LogP contribution in [0, 0.1) is 13.8 Å². The molecule has 5 nitrogen and oxygen atoms in total. The van der Waals surface area contributed by atoms with Crippen LogP contribution in [0.5, 0.6) is 0 Å². The molecule has 1 heterocycles. The lowest BCUT2D eigenvalue weighted by atomic mass is 10.8. The summed E-state index contributed by atoms with van der Waals surface area (Å²) < 4.78 is 2.14. The number of rotatable bonds is 1. The summed E-state index contributed by atoms with van der Waals surface area (Å²) in [5, 5.41) is 10.2. The van der Waals surface area contributed by atoms with Crippen molar-refractivity contribution >= 4 is 28.4 Å². The number of nitrogens with zero attached hydrogens (tertiary/aromatic N) is 3. The van der Waals surface area contributed by atoms with Gasteiger partial charge in [0, 0.05) is 7.05 Å². The van der Waals surface area contributed by atoms with E-state index in [-0.39, 0.29) is 5.82 Å². The van der Waals surface area contributed by atoms with Gasteiger partial charge >= 0.3 is 5.82 Å². The number of aryl methyl sites for hydroxylation is 1. The summed E-state index contributed by atoms with van der Waals surface area (Å²) in [4.78, 5) is 13.2. The Kier molecular flexibility index (Phi) is 1.88. The number of hydrogen-bond acceptors (Lipinski definition) is 3.